The van der Waals surface area contributed by atoms with Gasteiger partial charge in [0.25, 0.3) is 16.1 Å². The van der Waals surface area contributed by atoms with Crippen LogP contribution in [0.2, 0.25) is 0 Å². The SMILES string of the molecule is CCN(CC)S(=O)(=O)N1CCN(CC(=O)NC(=O)c2ccc(OC)cc2)CC1. The van der Waals surface area contributed by atoms with Crippen LogP contribution in [-0.2, 0) is 15.0 Å². The Balaban J connectivity index is 1.83. The van der Waals surface area contributed by atoms with Crippen LogP contribution in [0.4, 0.5) is 0 Å². The number of benzene rings is 1. The Morgan fingerprint density at radius 1 is 1.07 bits per heavy atom. The van der Waals surface area contributed by atoms with E-state index in [1.807, 2.05) is 18.7 Å². The van der Waals surface area contributed by atoms with E-state index in [4.69, 9.17) is 4.74 Å². The molecule has 9 nitrogen and oxygen atoms in total. The average molecular weight is 413 g/mol. The van der Waals surface area contributed by atoms with Gasteiger partial charge in [-0.25, -0.2) is 0 Å². The number of piperazine rings is 1. The Kier molecular flexibility index (Phi) is 7.93. The Hall–Kier alpha value is -2.01. The predicted octanol–water partition coefficient (Wildman–Crippen LogP) is 0.156. The van der Waals surface area contributed by atoms with E-state index < -0.39 is 22.0 Å². The standard InChI is InChI=1S/C18H28N4O5S/c1-4-21(5-2)28(25,26)22-12-10-20(11-13-22)14-17(23)19-18(24)15-6-8-16(27-3)9-7-15/h6-9H,4-5,10-14H2,1-3H3,(H,19,23,24). The van der Waals surface area contributed by atoms with Crippen molar-refractivity contribution in [1.82, 2.24) is 18.8 Å². The number of nitrogens with zero attached hydrogens (tertiary/aromatic N) is 3. The van der Waals surface area contributed by atoms with E-state index in [-0.39, 0.29) is 6.54 Å². The van der Waals surface area contributed by atoms with Gasteiger partial charge in [0, 0.05) is 44.8 Å². The summed E-state index contributed by atoms with van der Waals surface area (Å²) in [6.45, 7) is 6.01. The van der Waals surface area contributed by atoms with Crippen molar-refractivity contribution < 1.29 is 22.7 Å². The molecule has 28 heavy (non-hydrogen) atoms. The number of rotatable bonds is 8. The third-order valence-electron chi connectivity index (χ3n) is 4.66. The Morgan fingerprint density at radius 3 is 2.14 bits per heavy atom. The lowest BCUT2D eigenvalue weighted by Crippen LogP contribution is -2.54. The van der Waals surface area contributed by atoms with Crippen molar-refractivity contribution in [3.8, 4) is 5.75 Å². The second kappa shape index (κ2) is 9.97. The minimum absolute atomic E-state index is 0.0427. The van der Waals surface area contributed by atoms with Crippen molar-refractivity contribution in [3.05, 3.63) is 29.8 Å². The molecule has 1 aliphatic heterocycles. The third-order valence-corrected chi connectivity index (χ3v) is 6.85. The zero-order valence-corrected chi connectivity index (χ0v) is 17.4. The average Bonchev–Trinajstić information content (AvgIpc) is 2.69. The Labute approximate surface area is 166 Å². The minimum atomic E-state index is -3.46. The lowest BCUT2D eigenvalue weighted by atomic mass is 10.2. The first kappa shape index (κ1) is 22.3. The van der Waals surface area contributed by atoms with Crippen molar-refractivity contribution in [2.75, 3.05) is 52.9 Å². The van der Waals surface area contributed by atoms with E-state index in [0.717, 1.165) is 0 Å². The molecule has 0 aliphatic carbocycles. The van der Waals surface area contributed by atoms with Gasteiger partial charge < -0.3 is 4.74 Å². The molecule has 1 heterocycles. The van der Waals surface area contributed by atoms with E-state index in [9.17, 15) is 18.0 Å². The lowest BCUT2D eigenvalue weighted by molar-refractivity contribution is -0.121. The molecule has 2 rings (SSSR count). The molecule has 0 aromatic heterocycles. The van der Waals surface area contributed by atoms with Crippen molar-refractivity contribution in [3.63, 3.8) is 0 Å². The highest BCUT2D eigenvalue weighted by Crippen LogP contribution is 2.13. The zero-order chi connectivity index (χ0) is 20.7. The number of carbonyl (C=O) groups is 2. The molecule has 1 N–H and O–H groups in total. The number of hydrogen-bond donors (Lipinski definition) is 1. The van der Waals surface area contributed by atoms with Gasteiger partial charge in [0.1, 0.15) is 5.75 Å². The molecule has 0 bridgehead atoms. The fourth-order valence-electron chi connectivity index (χ4n) is 3.02. The summed E-state index contributed by atoms with van der Waals surface area (Å²) in [7, 11) is -1.93. The Morgan fingerprint density at radius 2 is 1.64 bits per heavy atom. The van der Waals surface area contributed by atoms with E-state index in [0.29, 0.717) is 50.6 Å². The highest BCUT2D eigenvalue weighted by atomic mass is 32.2. The summed E-state index contributed by atoms with van der Waals surface area (Å²) in [6.07, 6.45) is 0. The molecule has 1 aromatic rings. The summed E-state index contributed by atoms with van der Waals surface area (Å²) in [5.41, 5.74) is 0.365. The van der Waals surface area contributed by atoms with Crippen LogP contribution in [0.5, 0.6) is 5.75 Å². The molecule has 0 radical (unpaired) electrons. The maximum atomic E-state index is 12.5. The van der Waals surface area contributed by atoms with Gasteiger partial charge in [-0.3, -0.25) is 19.8 Å². The number of methoxy groups -OCH3 is 1. The molecule has 1 aromatic carbocycles. The first-order valence-corrected chi connectivity index (χ1v) is 10.7. The van der Waals surface area contributed by atoms with E-state index in [1.165, 1.54) is 15.7 Å². The van der Waals surface area contributed by atoms with Crippen LogP contribution in [0, 0.1) is 0 Å². The topological polar surface area (TPSA) is 99.3 Å². The highest BCUT2D eigenvalue weighted by molar-refractivity contribution is 7.86. The molecular weight excluding hydrogens is 384 g/mol. The van der Waals surface area contributed by atoms with Crippen LogP contribution < -0.4 is 10.1 Å². The second-order valence-electron chi connectivity index (χ2n) is 6.37. The summed E-state index contributed by atoms with van der Waals surface area (Å²) >= 11 is 0. The molecular formula is C18H28N4O5S. The fraction of sp³-hybridized carbons (Fsp3) is 0.556. The molecule has 0 saturated carbocycles. The number of ether oxygens (including phenoxy) is 1. The van der Waals surface area contributed by atoms with Crippen molar-refractivity contribution in [2.24, 2.45) is 0 Å². The van der Waals surface area contributed by atoms with Crippen LogP contribution in [0.1, 0.15) is 24.2 Å². The van der Waals surface area contributed by atoms with Gasteiger partial charge in [-0.2, -0.15) is 17.0 Å². The van der Waals surface area contributed by atoms with Gasteiger partial charge in [-0.15, -0.1) is 0 Å². The molecule has 156 valence electrons. The van der Waals surface area contributed by atoms with Gasteiger partial charge in [0.15, 0.2) is 0 Å². The highest BCUT2D eigenvalue weighted by Gasteiger charge is 2.31. The number of amides is 2. The zero-order valence-electron chi connectivity index (χ0n) is 16.6. The van der Waals surface area contributed by atoms with Crippen LogP contribution in [0.25, 0.3) is 0 Å². The molecule has 0 unspecified atom stereocenters. The predicted molar refractivity (Wildman–Crippen MR) is 105 cm³/mol. The quantitative estimate of drug-likeness (QED) is 0.653. The summed E-state index contributed by atoms with van der Waals surface area (Å²) in [5, 5.41) is 2.36. The number of imide groups is 1. The van der Waals surface area contributed by atoms with E-state index >= 15 is 0 Å². The van der Waals surface area contributed by atoms with Gasteiger partial charge in [-0.1, -0.05) is 13.8 Å². The second-order valence-corrected chi connectivity index (χ2v) is 8.30. The Bertz CT molecular complexity index is 770. The van der Waals surface area contributed by atoms with Gasteiger partial charge >= 0.3 is 0 Å². The summed E-state index contributed by atoms with van der Waals surface area (Å²) in [6, 6.07) is 6.46. The van der Waals surface area contributed by atoms with Crippen LogP contribution >= 0.6 is 0 Å². The molecule has 0 atom stereocenters. The molecule has 10 heteroatoms. The van der Waals surface area contributed by atoms with Crippen molar-refractivity contribution in [1.29, 1.82) is 0 Å². The van der Waals surface area contributed by atoms with Crippen LogP contribution in [0.15, 0.2) is 24.3 Å². The van der Waals surface area contributed by atoms with Crippen molar-refractivity contribution in [2.45, 2.75) is 13.8 Å². The molecule has 2 amide bonds. The molecule has 1 fully saturated rings. The maximum absolute atomic E-state index is 12.5. The number of hydrogen-bond acceptors (Lipinski definition) is 6. The first-order chi connectivity index (χ1) is 13.3. The molecule has 1 aliphatic rings. The van der Waals surface area contributed by atoms with Gasteiger partial charge in [0.2, 0.25) is 5.91 Å². The van der Waals surface area contributed by atoms with Crippen LogP contribution in [0.3, 0.4) is 0 Å². The number of carbonyl (C=O) groups excluding carboxylic acids is 2. The maximum Gasteiger partial charge on any atom is 0.282 e. The first-order valence-electron chi connectivity index (χ1n) is 9.27. The summed E-state index contributed by atoms with van der Waals surface area (Å²) in [4.78, 5) is 26.1. The fourth-order valence-corrected chi connectivity index (χ4v) is 4.62. The minimum Gasteiger partial charge on any atom is -0.497 e. The molecule has 1 saturated heterocycles. The van der Waals surface area contributed by atoms with Crippen LogP contribution in [-0.4, -0.2) is 86.7 Å². The third kappa shape index (κ3) is 5.51. The lowest BCUT2D eigenvalue weighted by Gasteiger charge is -2.35. The van der Waals surface area contributed by atoms with Crippen molar-refractivity contribution >= 4 is 22.0 Å². The number of nitrogens with one attached hydrogen (secondary N) is 1. The largest absolute Gasteiger partial charge is 0.497 e. The molecule has 0 spiro atoms. The summed E-state index contributed by atoms with van der Waals surface area (Å²) < 4.78 is 32.9. The van der Waals surface area contributed by atoms with Gasteiger partial charge in [-0.05, 0) is 24.3 Å². The van der Waals surface area contributed by atoms with E-state index in [2.05, 4.69) is 5.32 Å². The van der Waals surface area contributed by atoms with E-state index in [1.54, 1.807) is 24.3 Å². The normalized spacial score (nSPS) is 16.1. The summed E-state index contributed by atoms with van der Waals surface area (Å²) in [5.74, 6) is -0.267. The smallest absolute Gasteiger partial charge is 0.282 e. The monoisotopic (exact) mass is 412 g/mol. The van der Waals surface area contributed by atoms with Gasteiger partial charge in [0.05, 0.1) is 13.7 Å².